The normalized spacial score (nSPS) is 13.7. The molecule has 0 saturated carbocycles. The van der Waals surface area contributed by atoms with E-state index in [1.165, 1.54) is 17.6 Å². The Kier molecular flexibility index (Phi) is 2.72. The molecule has 3 aromatic rings. The van der Waals surface area contributed by atoms with Crippen molar-refractivity contribution < 1.29 is 14.5 Å². The Balaban J connectivity index is 2.06. The molecule has 0 atom stereocenters. The van der Waals surface area contributed by atoms with Crippen LogP contribution in [0.2, 0.25) is 0 Å². The Bertz CT molecular complexity index is 999. The summed E-state index contributed by atoms with van der Waals surface area (Å²) in [5.41, 5.74) is 1.62. The average molecular weight is 326 g/mol. The zero-order valence-corrected chi connectivity index (χ0v) is 12.1. The maximum absolute atomic E-state index is 12.7. The number of rotatable bonds is 2. The molecule has 23 heavy (non-hydrogen) atoms. The van der Waals surface area contributed by atoms with Gasteiger partial charge in [-0.05, 0) is 11.5 Å². The van der Waals surface area contributed by atoms with Crippen LogP contribution >= 0.6 is 11.3 Å². The Labute approximate surface area is 132 Å². The van der Waals surface area contributed by atoms with Crippen molar-refractivity contribution >= 4 is 44.7 Å². The summed E-state index contributed by atoms with van der Waals surface area (Å²) in [6.45, 7) is 0. The largest absolute Gasteiger partial charge is 0.270 e. The minimum absolute atomic E-state index is 0.111. The lowest BCUT2D eigenvalue weighted by Crippen LogP contribution is -2.40. The van der Waals surface area contributed by atoms with Crippen molar-refractivity contribution in [3.63, 3.8) is 0 Å². The number of nitro benzene ring substituents is 1. The quantitative estimate of drug-likeness (QED) is 0.406. The molecule has 0 spiro atoms. The SMILES string of the molecule is O=C1c2cccc3cc([N+](=O)[O-])cc(c23)C(=O)N1c1nncs1. The van der Waals surface area contributed by atoms with Gasteiger partial charge in [0, 0.05) is 23.1 Å². The number of carbonyl (C=O) groups is 2. The van der Waals surface area contributed by atoms with Crippen LogP contribution in [0.1, 0.15) is 20.7 Å². The lowest BCUT2D eigenvalue weighted by atomic mass is 9.93. The predicted octanol–water partition coefficient (Wildman–Crippen LogP) is 2.40. The second-order valence-electron chi connectivity index (χ2n) is 4.82. The number of nitrogens with zero attached hydrogens (tertiary/aromatic N) is 4. The Morgan fingerprint density at radius 1 is 1.13 bits per heavy atom. The molecule has 112 valence electrons. The van der Waals surface area contributed by atoms with Crippen molar-refractivity contribution in [2.75, 3.05) is 4.90 Å². The summed E-state index contributed by atoms with van der Waals surface area (Å²) < 4.78 is 0. The van der Waals surface area contributed by atoms with Crippen LogP contribution in [0.3, 0.4) is 0 Å². The maximum Gasteiger partial charge on any atom is 0.270 e. The molecule has 0 radical (unpaired) electrons. The van der Waals surface area contributed by atoms with E-state index in [9.17, 15) is 19.7 Å². The molecule has 8 nitrogen and oxygen atoms in total. The van der Waals surface area contributed by atoms with Crippen molar-refractivity contribution in [1.82, 2.24) is 10.2 Å². The van der Waals surface area contributed by atoms with Gasteiger partial charge in [-0.3, -0.25) is 19.7 Å². The molecule has 0 bridgehead atoms. The number of carbonyl (C=O) groups excluding carboxylic acids is 2. The monoisotopic (exact) mass is 326 g/mol. The van der Waals surface area contributed by atoms with Gasteiger partial charge in [0.1, 0.15) is 5.51 Å². The summed E-state index contributed by atoms with van der Waals surface area (Å²) in [5, 5.41) is 19.5. The van der Waals surface area contributed by atoms with Gasteiger partial charge in [0.05, 0.1) is 10.5 Å². The number of nitro groups is 1. The molecule has 0 unspecified atom stereocenters. The summed E-state index contributed by atoms with van der Waals surface area (Å²) in [4.78, 5) is 36.8. The van der Waals surface area contributed by atoms with Crippen molar-refractivity contribution in [2.24, 2.45) is 0 Å². The van der Waals surface area contributed by atoms with E-state index in [0.29, 0.717) is 16.3 Å². The first-order chi connectivity index (χ1) is 11.1. The van der Waals surface area contributed by atoms with Gasteiger partial charge in [-0.1, -0.05) is 23.5 Å². The van der Waals surface area contributed by atoms with Crippen LogP contribution in [0, 0.1) is 10.1 Å². The van der Waals surface area contributed by atoms with Gasteiger partial charge in [0.2, 0.25) is 5.13 Å². The van der Waals surface area contributed by atoms with Gasteiger partial charge >= 0.3 is 0 Å². The highest BCUT2D eigenvalue weighted by Gasteiger charge is 2.36. The van der Waals surface area contributed by atoms with E-state index >= 15 is 0 Å². The fourth-order valence-corrected chi connectivity index (χ4v) is 3.19. The number of hydrogen-bond donors (Lipinski definition) is 0. The number of amides is 2. The summed E-state index contributed by atoms with van der Waals surface area (Å²) in [5.74, 6) is -1.15. The first-order valence-electron chi connectivity index (χ1n) is 6.44. The van der Waals surface area contributed by atoms with Crippen LogP contribution in [0.25, 0.3) is 10.8 Å². The highest BCUT2D eigenvalue weighted by molar-refractivity contribution is 7.13. The molecule has 0 N–H and O–H groups in total. The smallest absolute Gasteiger partial charge is 0.268 e. The van der Waals surface area contributed by atoms with E-state index in [1.54, 1.807) is 18.2 Å². The Morgan fingerprint density at radius 3 is 2.61 bits per heavy atom. The van der Waals surface area contributed by atoms with Gasteiger partial charge < -0.3 is 0 Å². The number of aromatic nitrogens is 2. The van der Waals surface area contributed by atoms with Crippen LogP contribution in [0.5, 0.6) is 0 Å². The summed E-state index contributed by atoms with van der Waals surface area (Å²) in [7, 11) is 0. The Hall–Kier alpha value is -3.20. The van der Waals surface area contributed by atoms with Gasteiger partial charge in [-0.25, -0.2) is 4.90 Å². The standard InChI is InChI=1S/C14H6N4O4S/c19-12-9-3-1-2-7-4-8(18(21)22)5-10(11(7)9)13(20)17(12)14-16-15-6-23-14/h1-6H. The first-order valence-corrected chi connectivity index (χ1v) is 7.32. The summed E-state index contributed by atoms with van der Waals surface area (Å²) in [6.07, 6.45) is 0. The molecule has 0 fully saturated rings. The zero-order chi connectivity index (χ0) is 16.1. The zero-order valence-electron chi connectivity index (χ0n) is 11.3. The summed E-state index contributed by atoms with van der Waals surface area (Å²) in [6, 6.07) is 7.38. The number of benzene rings is 2. The molecule has 1 aliphatic heterocycles. The lowest BCUT2D eigenvalue weighted by molar-refractivity contribution is -0.384. The number of hydrogen-bond acceptors (Lipinski definition) is 7. The molecule has 4 rings (SSSR count). The highest BCUT2D eigenvalue weighted by Crippen LogP contribution is 2.35. The minimum Gasteiger partial charge on any atom is -0.268 e. The van der Waals surface area contributed by atoms with Crippen LogP contribution in [0.4, 0.5) is 10.8 Å². The van der Waals surface area contributed by atoms with E-state index in [4.69, 9.17) is 0 Å². The highest BCUT2D eigenvalue weighted by atomic mass is 32.1. The van der Waals surface area contributed by atoms with Crippen LogP contribution < -0.4 is 4.90 Å². The van der Waals surface area contributed by atoms with E-state index in [1.807, 2.05) is 0 Å². The van der Waals surface area contributed by atoms with Gasteiger partial charge in [0.15, 0.2) is 0 Å². The van der Waals surface area contributed by atoms with E-state index in [-0.39, 0.29) is 16.4 Å². The predicted molar refractivity (Wildman–Crippen MR) is 81.7 cm³/mol. The fraction of sp³-hybridized carbons (Fsp3) is 0. The molecule has 0 aliphatic carbocycles. The van der Waals surface area contributed by atoms with Crippen molar-refractivity contribution in [3.8, 4) is 0 Å². The third kappa shape index (κ3) is 1.83. The van der Waals surface area contributed by atoms with Crippen molar-refractivity contribution in [2.45, 2.75) is 0 Å². The number of anilines is 1. The van der Waals surface area contributed by atoms with Gasteiger partial charge in [0.25, 0.3) is 17.5 Å². The van der Waals surface area contributed by atoms with Crippen molar-refractivity contribution in [1.29, 1.82) is 0 Å². The third-order valence-electron chi connectivity index (χ3n) is 3.58. The second kappa shape index (κ2) is 4.65. The molecule has 0 saturated heterocycles. The molecule has 2 aromatic carbocycles. The Morgan fingerprint density at radius 2 is 1.91 bits per heavy atom. The van der Waals surface area contributed by atoms with Gasteiger partial charge in [-0.15, -0.1) is 10.2 Å². The average Bonchev–Trinajstić information content (AvgIpc) is 3.06. The van der Waals surface area contributed by atoms with Crippen molar-refractivity contribution in [3.05, 3.63) is 57.1 Å². The minimum atomic E-state index is -0.640. The van der Waals surface area contributed by atoms with Crippen LogP contribution in [-0.4, -0.2) is 26.9 Å². The molecular weight excluding hydrogens is 320 g/mol. The molecule has 1 aliphatic rings. The van der Waals surface area contributed by atoms with E-state index in [2.05, 4.69) is 10.2 Å². The van der Waals surface area contributed by atoms with Crippen LogP contribution in [0.15, 0.2) is 35.8 Å². The first kappa shape index (κ1) is 13.5. The maximum atomic E-state index is 12.7. The van der Waals surface area contributed by atoms with E-state index < -0.39 is 16.7 Å². The molecule has 1 aromatic heterocycles. The lowest BCUT2D eigenvalue weighted by Gasteiger charge is -2.24. The molecule has 9 heteroatoms. The molecular formula is C14H6N4O4S. The topological polar surface area (TPSA) is 106 Å². The third-order valence-corrected chi connectivity index (χ3v) is 4.25. The second-order valence-corrected chi connectivity index (χ2v) is 5.63. The molecule has 2 amide bonds. The molecule has 2 heterocycles. The summed E-state index contributed by atoms with van der Waals surface area (Å²) >= 11 is 1.04. The van der Waals surface area contributed by atoms with Gasteiger partial charge in [-0.2, -0.15) is 0 Å². The fourth-order valence-electron chi connectivity index (χ4n) is 2.64. The van der Waals surface area contributed by atoms with Crippen LogP contribution in [-0.2, 0) is 0 Å². The number of non-ortho nitro benzene ring substituents is 1. The van der Waals surface area contributed by atoms with E-state index in [0.717, 1.165) is 16.2 Å². The number of imide groups is 1.